The molecule has 2 aromatic rings. The molecule has 0 fully saturated rings. The van der Waals surface area contributed by atoms with Crippen molar-refractivity contribution in [3.63, 3.8) is 0 Å². The quantitative estimate of drug-likeness (QED) is 0.616. The second kappa shape index (κ2) is 7.26. The lowest BCUT2D eigenvalue weighted by Crippen LogP contribution is -2.18. The zero-order valence-corrected chi connectivity index (χ0v) is 12.5. The summed E-state index contributed by atoms with van der Waals surface area (Å²) in [5, 5.41) is 0. The lowest BCUT2D eigenvalue weighted by molar-refractivity contribution is -0.138. The van der Waals surface area contributed by atoms with E-state index in [1.165, 1.54) is 18.3 Å². The number of nitrogens with zero attached hydrogens (tertiary/aromatic N) is 2. The molecule has 0 aliphatic heterocycles. The Morgan fingerprint density at radius 2 is 2.04 bits per heavy atom. The normalized spacial score (nSPS) is 11.3. The molecule has 132 valence electrons. The highest BCUT2D eigenvalue weighted by Gasteiger charge is 2.37. The van der Waals surface area contributed by atoms with Crippen LogP contribution in [0.3, 0.4) is 0 Å². The molecular weight excluding hydrogens is 325 g/mol. The number of hydrogen-bond acceptors (Lipinski definition) is 6. The molecule has 0 aromatic carbocycles. The van der Waals surface area contributed by atoms with Crippen molar-refractivity contribution in [1.82, 2.24) is 9.97 Å². The number of halogens is 3. The third-order valence-electron chi connectivity index (χ3n) is 3.07. The van der Waals surface area contributed by atoms with Crippen LogP contribution >= 0.6 is 0 Å². The molecule has 0 saturated carbocycles. The summed E-state index contributed by atoms with van der Waals surface area (Å²) in [6.07, 6.45) is -2.91. The van der Waals surface area contributed by atoms with Gasteiger partial charge in [0.25, 0.3) is 0 Å². The first-order valence-corrected chi connectivity index (χ1v) is 7.01. The number of nitrogen functional groups attached to an aromatic ring is 1. The van der Waals surface area contributed by atoms with E-state index in [4.69, 9.17) is 16.2 Å². The first-order chi connectivity index (χ1) is 11.3. The van der Waals surface area contributed by atoms with Gasteiger partial charge < -0.3 is 16.2 Å². The fourth-order valence-corrected chi connectivity index (χ4v) is 1.92. The van der Waals surface area contributed by atoms with E-state index >= 15 is 0 Å². The van der Waals surface area contributed by atoms with Crippen LogP contribution in [0.2, 0.25) is 0 Å². The van der Waals surface area contributed by atoms with Crippen LogP contribution in [-0.4, -0.2) is 28.9 Å². The minimum absolute atomic E-state index is 0. The van der Waals surface area contributed by atoms with Gasteiger partial charge in [0, 0.05) is 15.1 Å². The van der Waals surface area contributed by atoms with Crippen molar-refractivity contribution in [2.24, 2.45) is 5.73 Å². The number of carbonyl (C=O) groups is 1. The molecule has 0 saturated heterocycles. The molecule has 0 spiro atoms. The van der Waals surface area contributed by atoms with E-state index in [-0.39, 0.29) is 26.7 Å². The van der Waals surface area contributed by atoms with Crippen LogP contribution in [0.5, 0.6) is 5.88 Å². The summed E-state index contributed by atoms with van der Waals surface area (Å²) in [4.78, 5) is 19.9. The van der Waals surface area contributed by atoms with Gasteiger partial charge in [-0.05, 0) is 31.2 Å². The predicted molar refractivity (Wildman–Crippen MR) is 84.7 cm³/mol. The van der Waals surface area contributed by atoms with Crippen molar-refractivity contribution < 1.29 is 25.6 Å². The third-order valence-corrected chi connectivity index (χ3v) is 3.07. The number of ether oxygens (including phenoxy) is 1. The topological polar surface area (TPSA) is 104 Å². The first-order valence-electron chi connectivity index (χ1n) is 7.01. The van der Waals surface area contributed by atoms with Gasteiger partial charge >= 0.3 is 6.18 Å². The molecule has 2 aromatic heterocycles. The maximum Gasteiger partial charge on any atom is 0.418 e. The van der Waals surface area contributed by atoms with Crippen LogP contribution in [0.15, 0.2) is 30.5 Å². The zero-order valence-electron chi connectivity index (χ0n) is 12.5. The lowest BCUT2D eigenvalue weighted by atomic mass is 10.0. The van der Waals surface area contributed by atoms with Gasteiger partial charge in [-0.2, -0.15) is 13.2 Å². The molecule has 6 nitrogen and oxygen atoms in total. The Balaban J connectivity index is 0.00000312. The van der Waals surface area contributed by atoms with E-state index in [2.05, 4.69) is 9.97 Å². The van der Waals surface area contributed by atoms with Crippen molar-refractivity contribution in [1.29, 1.82) is 0 Å². The van der Waals surface area contributed by atoms with Crippen LogP contribution in [-0.2, 0) is 6.18 Å². The molecule has 4 N–H and O–H groups in total. The van der Waals surface area contributed by atoms with E-state index in [1.54, 1.807) is 0 Å². The Morgan fingerprint density at radius 1 is 1.29 bits per heavy atom. The number of nitrogens with two attached hydrogens (primary N) is 2. The van der Waals surface area contributed by atoms with Crippen molar-refractivity contribution >= 4 is 11.6 Å². The molecule has 0 bridgehead atoms. The Morgan fingerprint density at radius 3 is 2.67 bits per heavy atom. The van der Waals surface area contributed by atoms with Crippen molar-refractivity contribution in [3.05, 3.63) is 47.3 Å². The number of pyridine rings is 2. The molecule has 2 heterocycles. The Kier molecular flexibility index (Phi) is 5.35. The van der Waals surface area contributed by atoms with E-state index in [9.17, 15) is 18.0 Å². The maximum absolute atomic E-state index is 13.2. The van der Waals surface area contributed by atoms with Crippen molar-refractivity contribution in [2.45, 2.75) is 12.6 Å². The Bertz CT molecular complexity index is 745. The van der Waals surface area contributed by atoms with Gasteiger partial charge in [-0.1, -0.05) is 0 Å². The standard InChI is InChI=1S/C15H15F3N4O2.2H2/c16-15(17,18)10-4-5-11(24-8-2-6-19)22-12(10)13(23)9-3-1-7-21-14(9)20;;/h1,3-5,7H,2,6,8,19H2,(H2,20,21);2*1H. The van der Waals surface area contributed by atoms with Gasteiger partial charge in [0.2, 0.25) is 11.7 Å². The summed E-state index contributed by atoms with van der Waals surface area (Å²) in [5.74, 6) is -1.24. The predicted octanol–water partition coefficient (Wildman–Crippen LogP) is 2.53. The molecule has 0 atom stereocenters. The molecular formula is C15H19F3N4O2. The number of carbonyl (C=O) groups excluding carboxylic acids is 1. The molecule has 0 amide bonds. The van der Waals surface area contributed by atoms with Crippen molar-refractivity contribution in [3.8, 4) is 5.88 Å². The van der Waals surface area contributed by atoms with Gasteiger partial charge in [-0.25, -0.2) is 9.97 Å². The molecule has 0 radical (unpaired) electrons. The monoisotopic (exact) mass is 344 g/mol. The number of alkyl halides is 3. The minimum atomic E-state index is -4.75. The molecule has 9 heteroatoms. The van der Waals surface area contributed by atoms with Crippen LogP contribution < -0.4 is 16.2 Å². The second-order valence-electron chi connectivity index (χ2n) is 4.80. The SMILES string of the molecule is NCCCOc1ccc(C(F)(F)F)c(C(=O)c2cccnc2N)n1.[HH].[HH]. The number of ketones is 1. The number of aromatic nitrogens is 2. The van der Waals surface area contributed by atoms with Crippen molar-refractivity contribution in [2.75, 3.05) is 18.9 Å². The molecule has 2 rings (SSSR count). The van der Waals surface area contributed by atoms with Gasteiger partial charge in [-0.15, -0.1) is 0 Å². The molecule has 0 aliphatic rings. The minimum Gasteiger partial charge on any atom is -0.478 e. The van der Waals surface area contributed by atoms with Gasteiger partial charge in [0.1, 0.15) is 11.5 Å². The first kappa shape index (κ1) is 17.7. The van der Waals surface area contributed by atoms with Crippen LogP contribution in [0.1, 0.15) is 30.9 Å². The maximum atomic E-state index is 13.2. The summed E-state index contributed by atoms with van der Waals surface area (Å²) in [6, 6.07) is 4.50. The zero-order chi connectivity index (χ0) is 17.7. The van der Waals surface area contributed by atoms with E-state index < -0.39 is 23.2 Å². The fraction of sp³-hybridized carbons (Fsp3) is 0.267. The summed E-state index contributed by atoms with van der Waals surface area (Å²) in [7, 11) is 0. The summed E-state index contributed by atoms with van der Waals surface area (Å²) in [6.45, 7) is 0.538. The van der Waals surface area contributed by atoms with Crippen LogP contribution in [0.4, 0.5) is 19.0 Å². The van der Waals surface area contributed by atoms with Crippen LogP contribution in [0.25, 0.3) is 0 Å². The highest BCUT2D eigenvalue weighted by molar-refractivity contribution is 6.11. The largest absolute Gasteiger partial charge is 0.478 e. The highest BCUT2D eigenvalue weighted by Crippen LogP contribution is 2.33. The second-order valence-corrected chi connectivity index (χ2v) is 4.80. The van der Waals surface area contributed by atoms with E-state index in [0.29, 0.717) is 13.0 Å². The number of rotatable bonds is 6. The lowest BCUT2D eigenvalue weighted by Gasteiger charge is -2.13. The highest BCUT2D eigenvalue weighted by atomic mass is 19.4. The third kappa shape index (κ3) is 3.99. The number of hydrogen-bond donors (Lipinski definition) is 2. The van der Waals surface area contributed by atoms with E-state index in [0.717, 1.165) is 12.1 Å². The summed E-state index contributed by atoms with van der Waals surface area (Å²) >= 11 is 0. The molecule has 0 unspecified atom stereocenters. The van der Waals surface area contributed by atoms with E-state index in [1.807, 2.05) is 0 Å². The van der Waals surface area contributed by atoms with Gasteiger partial charge in [0.05, 0.1) is 17.7 Å². The molecule has 0 aliphatic carbocycles. The Hall–Kier alpha value is -2.68. The summed E-state index contributed by atoms with van der Waals surface area (Å²) < 4.78 is 44.7. The Labute approximate surface area is 138 Å². The fourth-order valence-electron chi connectivity index (χ4n) is 1.92. The molecule has 24 heavy (non-hydrogen) atoms. The van der Waals surface area contributed by atoms with Gasteiger partial charge in [-0.3, -0.25) is 4.79 Å². The average Bonchev–Trinajstić information content (AvgIpc) is 2.54. The smallest absolute Gasteiger partial charge is 0.418 e. The average molecular weight is 344 g/mol. The van der Waals surface area contributed by atoms with Gasteiger partial charge in [0.15, 0.2) is 0 Å². The van der Waals surface area contributed by atoms with Crippen LogP contribution in [0, 0.1) is 0 Å². The summed E-state index contributed by atoms with van der Waals surface area (Å²) in [5.41, 5.74) is 8.78. The number of anilines is 1.